The van der Waals surface area contributed by atoms with Crippen LogP contribution in [0.15, 0.2) is 30.5 Å². The number of ether oxygens (including phenoxy) is 1. The molecule has 644 valence electrons. The summed E-state index contributed by atoms with van der Waals surface area (Å²) in [7, 11) is -4.46. The number of unbranched alkanes of at least 4 members (excludes halogenated alkanes) is 4. The first-order valence-electron chi connectivity index (χ1n) is 40.5. The molecule has 1 unspecified atom stereocenters. The van der Waals surface area contributed by atoms with Gasteiger partial charge in [0.05, 0.1) is 31.0 Å². The normalized spacial score (nSPS) is 24.4. The number of para-hydroxylation sites is 1. The fourth-order valence-electron chi connectivity index (χ4n) is 13.4. The number of nitrogens with two attached hydrogens (primary N) is 4. The van der Waals surface area contributed by atoms with Crippen LogP contribution in [0.25, 0.3) is 10.9 Å². The third-order valence-corrected chi connectivity index (χ3v) is 22.2. The molecule has 4 rings (SSSR count). The minimum absolute atomic E-state index is 0.00405. The Morgan fingerprint density at radius 3 is 1.60 bits per heavy atom. The Morgan fingerprint density at radius 2 is 1.06 bits per heavy atom. The quantitative estimate of drug-likeness (QED) is 0.0333. The maximum atomic E-state index is 15.0. The number of rotatable bonds is 30. The Balaban J connectivity index is 1.82. The van der Waals surface area contributed by atoms with Gasteiger partial charge in [0, 0.05) is 55.5 Å². The zero-order chi connectivity index (χ0) is 84.8. The van der Waals surface area contributed by atoms with Gasteiger partial charge in [0.1, 0.15) is 67.0 Å². The van der Waals surface area contributed by atoms with E-state index in [1.807, 2.05) is 58.9 Å². The summed E-state index contributed by atoms with van der Waals surface area (Å²) in [5, 5.41) is 33.7. The minimum atomic E-state index is -4.46. The Hall–Kier alpha value is -8.07. The molecule has 2 aliphatic heterocycles. The third-order valence-electron chi connectivity index (χ3n) is 19.9. The number of aromatic nitrogens is 1. The number of sulfonamides is 1. The van der Waals surface area contributed by atoms with E-state index in [0.29, 0.717) is 69.8 Å². The van der Waals surface area contributed by atoms with Crippen LogP contribution in [0.4, 0.5) is 0 Å². The number of amides is 13. The smallest absolute Gasteiger partial charge is 0.246 e. The molecule has 2 saturated heterocycles. The number of aromatic amines is 1. The third kappa shape index (κ3) is 33.6. The number of fused-ring (bicyclic) bond motifs is 2. The van der Waals surface area contributed by atoms with Gasteiger partial charge in [0.25, 0.3) is 0 Å². The molecule has 0 aliphatic carbocycles. The average molecular weight is 1650 g/mol. The van der Waals surface area contributed by atoms with Crippen molar-refractivity contribution in [2.45, 2.75) is 257 Å². The van der Waals surface area contributed by atoms with Crippen molar-refractivity contribution in [3.05, 3.63) is 36.0 Å². The van der Waals surface area contributed by atoms with Crippen molar-refractivity contribution in [3.8, 4) is 0 Å². The number of benzene rings is 1. The first-order chi connectivity index (χ1) is 54.1. The van der Waals surface area contributed by atoms with Crippen molar-refractivity contribution in [1.82, 2.24) is 78.0 Å². The van der Waals surface area contributed by atoms with Gasteiger partial charge in [-0.2, -0.15) is 16.9 Å². The van der Waals surface area contributed by atoms with Crippen molar-refractivity contribution in [2.24, 2.45) is 46.6 Å². The molecule has 3 heterocycles. The maximum absolute atomic E-state index is 15.0. The van der Waals surface area contributed by atoms with Crippen LogP contribution in [-0.4, -0.2) is 249 Å². The Labute approximate surface area is 677 Å². The molecule has 1 aromatic heterocycles. The second-order valence-electron chi connectivity index (χ2n) is 31.3. The number of thiol groups is 1. The fourth-order valence-corrected chi connectivity index (χ4v) is 15.0. The van der Waals surface area contributed by atoms with Crippen LogP contribution >= 0.6 is 12.6 Å². The lowest BCUT2D eigenvalue weighted by Crippen LogP contribution is -2.61. The first kappa shape index (κ1) is 98.3. The van der Waals surface area contributed by atoms with Crippen LogP contribution in [0, 0.1) is 23.7 Å². The van der Waals surface area contributed by atoms with Crippen LogP contribution in [0.2, 0.25) is 0 Å². The molecule has 0 spiro atoms. The van der Waals surface area contributed by atoms with E-state index >= 15 is 4.79 Å². The molecule has 12 atom stereocenters. The Morgan fingerprint density at radius 1 is 0.579 bits per heavy atom. The minimum Gasteiger partial charge on any atom is -0.370 e. The van der Waals surface area contributed by atoms with Crippen LogP contribution < -0.4 is 86.7 Å². The summed E-state index contributed by atoms with van der Waals surface area (Å²) >= 11 is 4.06. The van der Waals surface area contributed by atoms with E-state index in [1.165, 1.54) is 6.92 Å². The van der Waals surface area contributed by atoms with Crippen molar-refractivity contribution in [1.29, 1.82) is 0 Å². The number of hydrogen-bond acceptors (Lipinski definition) is 21. The molecule has 0 radical (unpaired) electrons. The van der Waals surface area contributed by atoms with Crippen LogP contribution in [0.5, 0.6) is 0 Å². The van der Waals surface area contributed by atoms with Gasteiger partial charge in [0.2, 0.25) is 86.8 Å². The molecule has 21 N–H and O–H groups in total. The molecule has 2 aromatic rings. The number of carbonyl (C=O) groups is 13. The monoisotopic (exact) mass is 1640 g/mol. The molecule has 13 amide bonds. The summed E-state index contributed by atoms with van der Waals surface area (Å²) < 4.78 is 35.6. The predicted molar refractivity (Wildman–Crippen MR) is 437 cm³/mol. The molecule has 0 saturated carbocycles. The highest BCUT2D eigenvalue weighted by molar-refractivity contribution is 7.89. The average Bonchev–Trinajstić information content (AvgIpc) is 1.62. The van der Waals surface area contributed by atoms with Crippen LogP contribution in [-0.2, 0) is 83.5 Å². The summed E-state index contributed by atoms with van der Waals surface area (Å²) in [5.74, 6) is -11.8. The number of nitrogens with one attached hydrogen (secondary N) is 13. The van der Waals surface area contributed by atoms with E-state index in [1.54, 1.807) is 38.8 Å². The van der Waals surface area contributed by atoms with Gasteiger partial charge in [-0.05, 0) is 158 Å². The summed E-state index contributed by atoms with van der Waals surface area (Å²) in [5.41, 5.74) is 24.9. The molecule has 37 heteroatoms. The standard InChI is InChI=1S/C77H133N19O16S2/c1-11-12-25-57-72(104)93-66(49(8)9)76(108)94-65(48(6)7)75(107)85-50(10)67(99)92-62(40-51-41-84-55-26-14-13-24-53(51)55)77(109)96-35-21-23-52(96)43-112-44-64(98)87-58(28-16-19-31-79)70(102)90-61(39-47(4)5)74(106)89-59(29-17-20-32-80)71(103)91-60(38-46(2)3)73(105)88-56(27-15-18-30-78)69(101)83-34-36-95(42-63(97)86-57)114(110,111)37-22-33-82-68(100)54(81)45-113/h13-14,24,26,41,46-50,52,54,56-62,65-66,84,113H,11-12,15-23,25,27-40,42-45,78-81H2,1-10H3,(H,82,100)(H,83,101)(H,85,107)(H,86,97)(H,87,98)(H,88,105)(H,89,106)(H,90,102)(H,91,103)(H,92,99)(H,93,104)(H,94,108)/t50-,52+,54-,56-,57-,58-,59-,60-,61-,62?,65-,66-/m0/s1. The highest BCUT2D eigenvalue weighted by atomic mass is 32.2. The lowest BCUT2D eigenvalue weighted by molar-refractivity contribution is -0.139. The molecule has 1 aromatic carbocycles. The van der Waals surface area contributed by atoms with Crippen molar-refractivity contribution in [3.63, 3.8) is 0 Å². The molecule has 2 fully saturated rings. The summed E-state index contributed by atoms with van der Waals surface area (Å²) in [4.78, 5) is 191. The Kier molecular flexibility index (Phi) is 44.1. The van der Waals surface area contributed by atoms with Gasteiger partial charge in [-0.3, -0.25) is 62.3 Å². The van der Waals surface area contributed by atoms with Gasteiger partial charge < -0.3 is 101 Å². The zero-order valence-electron chi connectivity index (χ0n) is 68.4. The van der Waals surface area contributed by atoms with Gasteiger partial charge in [-0.1, -0.05) is 93.4 Å². The molecular formula is C77H133N19O16S2. The SMILES string of the molecule is CCCC[C@@H]1NC(=O)CN(S(=O)(=O)CCCNC(=O)[C@@H](N)CS)CCNC(=O)[C@H](CCCCN)NC(=O)[C@H](CC(C)C)NC(=O)[C@H](CCCCN)NC(=O)[C@H](CC(C)C)NC(=O)[C@H](CCCCN)NC(=O)COC[C@H]2CCCN2C(=O)C(Cc2c[nH]c3ccccc23)NC(=O)[C@H](C)NC(=O)[C@H](C(C)C)NC(=O)[C@H](C(C)C)NC1=O. The largest absolute Gasteiger partial charge is 0.370 e. The van der Waals surface area contributed by atoms with E-state index < -0.39 is 203 Å². The van der Waals surface area contributed by atoms with E-state index in [-0.39, 0.29) is 108 Å². The van der Waals surface area contributed by atoms with Crippen molar-refractivity contribution >= 4 is 110 Å². The van der Waals surface area contributed by atoms with Crippen LogP contribution in [0.3, 0.4) is 0 Å². The fraction of sp³-hybridized carbons (Fsp3) is 0.727. The van der Waals surface area contributed by atoms with E-state index in [4.69, 9.17) is 27.7 Å². The second kappa shape index (κ2) is 51.1. The molecular weight excluding hydrogens is 1510 g/mol. The first-order valence-corrected chi connectivity index (χ1v) is 42.8. The molecule has 35 nitrogen and oxygen atoms in total. The number of hydrogen-bond donors (Lipinski definition) is 18. The van der Waals surface area contributed by atoms with E-state index in [9.17, 15) is 66.0 Å². The molecule has 0 bridgehead atoms. The van der Waals surface area contributed by atoms with Crippen molar-refractivity contribution in [2.75, 3.05) is 77.1 Å². The van der Waals surface area contributed by atoms with Crippen LogP contribution in [0.1, 0.15) is 184 Å². The number of carbonyl (C=O) groups excluding carboxylic acids is 13. The lowest BCUT2D eigenvalue weighted by atomic mass is 9.98. The van der Waals surface area contributed by atoms with E-state index in [0.717, 1.165) is 15.2 Å². The molecule has 2 aliphatic rings. The second-order valence-corrected chi connectivity index (χ2v) is 33.7. The number of H-pyrrole nitrogens is 1. The van der Waals surface area contributed by atoms with Gasteiger partial charge in [-0.15, -0.1) is 0 Å². The van der Waals surface area contributed by atoms with E-state index in [2.05, 4.69) is 81.4 Å². The van der Waals surface area contributed by atoms with Gasteiger partial charge in [0.15, 0.2) is 0 Å². The highest BCUT2D eigenvalue weighted by Crippen LogP contribution is 2.24. The topological polar surface area (TPSA) is 536 Å². The summed E-state index contributed by atoms with van der Waals surface area (Å²) in [6, 6.07) is -6.96. The number of nitrogens with zero attached hydrogens (tertiary/aromatic N) is 2. The lowest BCUT2D eigenvalue weighted by Gasteiger charge is -2.31. The van der Waals surface area contributed by atoms with Gasteiger partial charge in [-0.25, -0.2) is 8.42 Å². The molecule has 114 heavy (non-hydrogen) atoms. The summed E-state index contributed by atoms with van der Waals surface area (Å²) in [6.07, 6.45) is 6.29. The highest BCUT2D eigenvalue weighted by Gasteiger charge is 2.40. The maximum Gasteiger partial charge on any atom is 0.246 e. The predicted octanol–water partition coefficient (Wildman–Crippen LogP) is -0.908. The summed E-state index contributed by atoms with van der Waals surface area (Å²) in [6.45, 7) is 15.5. The van der Waals surface area contributed by atoms with Gasteiger partial charge >= 0.3 is 0 Å². The zero-order valence-corrected chi connectivity index (χ0v) is 70.1. The van der Waals surface area contributed by atoms with Crippen molar-refractivity contribution < 1.29 is 75.5 Å². The Bertz CT molecular complexity index is 3570.